The van der Waals surface area contributed by atoms with E-state index in [2.05, 4.69) is 10.6 Å². The highest BCUT2D eigenvalue weighted by Gasteiger charge is 2.06. The largest absolute Gasteiger partial charge is 0.457 e. The van der Waals surface area contributed by atoms with E-state index in [9.17, 15) is 4.79 Å². The van der Waals surface area contributed by atoms with Crippen LogP contribution < -0.4 is 15.4 Å². The fourth-order valence-corrected chi connectivity index (χ4v) is 1.86. The third-order valence-corrected chi connectivity index (χ3v) is 2.99. The summed E-state index contributed by atoms with van der Waals surface area (Å²) < 4.78 is 5.74. The second kappa shape index (κ2) is 7.47. The van der Waals surface area contributed by atoms with Gasteiger partial charge in [0.2, 0.25) is 0 Å². The predicted octanol–water partition coefficient (Wildman–Crippen LogP) is 3.29. The van der Waals surface area contributed by atoms with Gasteiger partial charge in [0.1, 0.15) is 11.5 Å². The van der Waals surface area contributed by atoms with Crippen molar-refractivity contribution >= 4 is 11.7 Å². The number of carbonyl (C=O) groups excluding carboxylic acids is 1. The Kier molecular flexibility index (Phi) is 5.38. The number of rotatable bonds is 5. The number of hydrogen-bond acceptors (Lipinski definition) is 3. The number of amides is 2. The molecule has 0 saturated carbocycles. The minimum atomic E-state index is -0.353. The molecule has 0 bridgehead atoms. The van der Waals surface area contributed by atoms with Crippen LogP contribution in [-0.4, -0.2) is 23.8 Å². The molecule has 0 saturated heterocycles. The molecule has 0 spiro atoms. The highest BCUT2D eigenvalue weighted by molar-refractivity contribution is 5.89. The van der Waals surface area contributed by atoms with E-state index in [1.807, 2.05) is 31.2 Å². The number of aliphatic hydroxyl groups is 1. The lowest BCUT2D eigenvalue weighted by molar-refractivity contribution is 0.229. The maximum Gasteiger partial charge on any atom is 0.319 e. The maximum absolute atomic E-state index is 11.6. The first-order valence-corrected chi connectivity index (χ1v) is 7.10. The Morgan fingerprint density at radius 1 is 1.18 bits per heavy atom. The molecular weight excluding hydrogens is 280 g/mol. The zero-order valence-corrected chi connectivity index (χ0v) is 12.7. The number of anilines is 1. The zero-order chi connectivity index (χ0) is 15.9. The van der Waals surface area contributed by atoms with E-state index in [1.165, 1.54) is 0 Å². The molecule has 5 nitrogen and oxygen atoms in total. The van der Waals surface area contributed by atoms with Crippen LogP contribution in [0, 0.1) is 6.92 Å². The summed E-state index contributed by atoms with van der Waals surface area (Å²) in [4.78, 5) is 11.6. The molecule has 0 aliphatic carbocycles. The van der Waals surface area contributed by atoms with Crippen LogP contribution in [0.1, 0.15) is 12.5 Å². The predicted molar refractivity (Wildman–Crippen MR) is 86.4 cm³/mol. The van der Waals surface area contributed by atoms with Crippen LogP contribution in [0.4, 0.5) is 10.5 Å². The van der Waals surface area contributed by atoms with Crippen molar-refractivity contribution in [2.45, 2.75) is 19.9 Å². The Labute approximate surface area is 129 Å². The number of urea groups is 1. The highest BCUT2D eigenvalue weighted by atomic mass is 16.5. The van der Waals surface area contributed by atoms with E-state index in [0.717, 1.165) is 11.3 Å². The van der Waals surface area contributed by atoms with Gasteiger partial charge in [-0.3, -0.25) is 0 Å². The van der Waals surface area contributed by atoms with Crippen LogP contribution in [0.5, 0.6) is 11.5 Å². The van der Waals surface area contributed by atoms with Gasteiger partial charge in [0.05, 0.1) is 12.6 Å². The molecular formula is C17H20N2O3. The average molecular weight is 300 g/mol. The van der Waals surface area contributed by atoms with E-state index in [1.54, 1.807) is 31.2 Å². The molecule has 0 aliphatic rings. The van der Waals surface area contributed by atoms with Gasteiger partial charge < -0.3 is 20.5 Å². The molecule has 5 heteroatoms. The van der Waals surface area contributed by atoms with Crippen molar-refractivity contribution in [3.8, 4) is 11.5 Å². The van der Waals surface area contributed by atoms with Gasteiger partial charge in [0.25, 0.3) is 0 Å². The monoisotopic (exact) mass is 300 g/mol. The third kappa shape index (κ3) is 4.79. The van der Waals surface area contributed by atoms with Crippen molar-refractivity contribution in [2.24, 2.45) is 0 Å². The molecule has 0 aliphatic heterocycles. The first kappa shape index (κ1) is 15.9. The van der Waals surface area contributed by atoms with E-state index >= 15 is 0 Å². The van der Waals surface area contributed by atoms with E-state index in [-0.39, 0.29) is 18.7 Å². The van der Waals surface area contributed by atoms with Crippen molar-refractivity contribution in [2.75, 3.05) is 11.9 Å². The fourth-order valence-electron chi connectivity index (χ4n) is 1.86. The van der Waals surface area contributed by atoms with Gasteiger partial charge in [0.15, 0.2) is 0 Å². The lowest BCUT2D eigenvalue weighted by Gasteiger charge is -2.12. The summed E-state index contributed by atoms with van der Waals surface area (Å²) >= 11 is 0. The molecule has 0 heterocycles. The van der Waals surface area contributed by atoms with Crippen LogP contribution in [0.2, 0.25) is 0 Å². The molecule has 2 amide bonds. The molecule has 2 rings (SSSR count). The number of benzene rings is 2. The summed E-state index contributed by atoms with van der Waals surface area (Å²) in [6, 6.07) is 14.2. The number of ether oxygens (including phenoxy) is 1. The number of hydrogen-bond donors (Lipinski definition) is 3. The first-order chi connectivity index (χ1) is 10.6. The maximum atomic E-state index is 11.6. The van der Waals surface area contributed by atoms with Crippen molar-refractivity contribution < 1.29 is 14.6 Å². The van der Waals surface area contributed by atoms with Gasteiger partial charge in [-0.05, 0) is 55.8 Å². The fraction of sp³-hybridized carbons (Fsp3) is 0.235. The van der Waals surface area contributed by atoms with Crippen LogP contribution in [-0.2, 0) is 0 Å². The minimum Gasteiger partial charge on any atom is -0.457 e. The Bertz CT molecular complexity index is 626. The summed E-state index contributed by atoms with van der Waals surface area (Å²) in [5.74, 6) is 1.47. The standard InChI is InChI=1S/C17H20N2O3/c1-12-4-3-5-16(10-12)22-15-8-6-14(7-9-15)19-17(21)18-13(2)11-20/h3-10,13,20H,11H2,1-2H3,(H2,18,19,21)/t13-/m0/s1. The van der Waals surface area contributed by atoms with Gasteiger partial charge in [-0.2, -0.15) is 0 Å². The Morgan fingerprint density at radius 3 is 2.55 bits per heavy atom. The molecule has 0 radical (unpaired) electrons. The van der Waals surface area contributed by atoms with Gasteiger partial charge in [-0.1, -0.05) is 12.1 Å². The molecule has 22 heavy (non-hydrogen) atoms. The van der Waals surface area contributed by atoms with Gasteiger partial charge >= 0.3 is 6.03 Å². The Hall–Kier alpha value is -2.53. The summed E-state index contributed by atoms with van der Waals surface area (Å²) in [5, 5.41) is 14.2. The molecule has 3 N–H and O–H groups in total. The molecule has 0 unspecified atom stereocenters. The van der Waals surface area contributed by atoms with Gasteiger partial charge in [0, 0.05) is 5.69 Å². The molecule has 1 atom stereocenters. The van der Waals surface area contributed by atoms with E-state index in [4.69, 9.17) is 9.84 Å². The smallest absolute Gasteiger partial charge is 0.319 e. The Morgan fingerprint density at radius 2 is 1.91 bits per heavy atom. The molecule has 116 valence electrons. The lowest BCUT2D eigenvalue weighted by atomic mass is 10.2. The second-order valence-electron chi connectivity index (χ2n) is 5.13. The molecule has 0 fully saturated rings. The van der Waals surface area contributed by atoms with Crippen LogP contribution in [0.25, 0.3) is 0 Å². The first-order valence-electron chi connectivity index (χ1n) is 7.10. The number of aliphatic hydroxyl groups excluding tert-OH is 1. The van der Waals surface area contributed by atoms with E-state index in [0.29, 0.717) is 11.4 Å². The Balaban J connectivity index is 1.94. The minimum absolute atomic E-state index is 0.101. The second-order valence-corrected chi connectivity index (χ2v) is 5.13. The summed E-state index contributed by atoms with van der Waals surface area (Å²) in [6.45, 7) is 3.63. The molecule has 2 aromatic carbocycles. The van der Waals surface area contributed by atoms with Crippen molar-refractivity contribution in [3.05, 3.63) is 54.1 Å². The number of aryl methyl sites for hydroxylation is 1. The topological polar surface area (TPSA) is 70.6 Å². The lowest BCUT2D eigenvalue weighted by Crippen LogP contribution is -2.38. The molecule has 0 aromatic heterocycles. The van der Waals surface area contributed by atoms with Gasteiger partial charge in [-0.25, -0.2) is 4.79 Å². The van der Waals surface area contributed by atoms with E-state index < -0.39 is 0 Å². The SMILES string of the molecule is Cc1cccc(Oc2ccc(NC(=O)N[C@@H](C)CO)cc2)c1. The van der Waals surface area contributed by atoms with Crippen molar-refractivity contribution in [3.63, 3.8) is 0 Å². The quantitative estimate of drug-likeness (QED) is 0.793. The van der Waals surface area contributed by atoms with Crippen LogP contribution >= 0.6 is 0 Å². The highest BCUT2D eigenvalue weighted by Crippen LogP contribution is 2.23. The number of carbonyl (C=O) groups is 1. The van der Waals surface area contributed by atoms with Crippen LogP contribution in [0.15, 0.2) is 48.5 Å². The summed E-state index contributed by atoms with van der Waals surface area (Å²) in [6.07, 6.45) is 0. The average Bonchev–Trinajstić information content (AvgIpc) is 2.49. The third-order valence-electron chi connectivity index (χ3n) is 2.99. The zero-order valence-electron chi connectivity index (χ0n) is 12.7. The van der Waals surface area contributed by atoms with Gasteiger partial charge in [-0.15, -0.1) is 0 Å². The number of nitrogens with one attached hydrogen (secondary N) is 2. The van der Waals surface area contributed by atoms with Crippen molar-refractivity contribution in [1.29, 1.82) is 0 Å². The van der Waals surface area contributed by atoms with Crippen molar-refractivity contribution in [1.82, 2.24) is 5.32 Å². The summed E-state index contributed by atoms with van der Waals surface area (Å²) in [5.41, 5.74) is 1.78. The normalized spacial score (nSPS) is 11.6. The molecule has 2 aromatic rings. The van der Waals surface area contributed by atoms with Crippen LogP contribution in [0.3, 0.4) is 0 Å². The summed E-state index contributed by atoms with van der Waals surface area (Å²) in [7, 11) is 0.